The first-order valence-corrected chi connectivity index (χ1v) is 11.1. The Kier molecular flexibility index (Phi) is 6.43. The molecule has 164 valence electrons. The van der Waals surface area contributed by atoms with Crippen molar-refractivity contribution in [3.05, 3.63) is 82.4 Å². The number of carbonyl (C=O) groups excluding carboxylic acids is 1. The van der Waals surface area contributed by atoms with E-state index in [1.165, 1.54) is 48.6 Å². The van der Waals surface area contributed by atoms with Crippen LogP contribution in [0.25, 0.3) is 22.2 Å². The van der Waals surface area contributed by atoms with E-state index in [0.29, 0.717) is 16.6 Å². The lowest BCUT2D eigenvalue weighted by Gasteiger charge is -2.10. The van der Waals surface area contributed by atoms with Gasteiger partial charge in [0.25, 0.3) is 0 Å². The Morgan fingerprint density at radius 2 is 1.97 bits per heavy atom. The zero-order valence-corrected chi connectivity index (χ0v) is 18.4. The van der Waals surface area contributed by atoms with Crippen molar-refractivity contribution >= 4 is 46.1 Å². The molecule has 2 N–H and O–H groups in total. The molecule has 2 heterocycles. The van der Waals surface area contributed by atoms with Crippen LogP contribution in [0.2, 0.25) is 5.02 Å². The van der Waals surface area contributed by atoms with E-state index in [-0.39, 0.29) is 21.8 Å². The highest BCUT2D eigenvalue weighted by Crippen LogP contribution is 2.31. The third kappa shape index (κ3) is 4.20. The third-order valence-corrected chi connectivity index (χ3v) is 6.04. The maximum atomic E-state index is 15.0. The van der Waals surface area contributed by atoms with E-state index in [1.807, 2.05) is 6.92 Å². The lowest BCUT2D eigenvalue weighted by atomic mass is 9.99. The van der Waals surface area contributed by atoms with Crippen molar-refractivity contribution < 1.29 is 18.0 Å². The quantitative estimate of drug-likeness (QED) is 0.171. The molecule has 0 bridgehead atoms. The molecule has 0 radical (unpaired) electrons. The maximum absolute atomic E-state index is 15.0. The number of rotatable bonds is 7. The Hall–Kier alpha value is -2.97. The van der Waals surface area contributed by atoms with Gasteiger partial charge in [0.1, 0.15) is 17.3 Å². The molecule has 4 nitrogen and oxygen atoms in total. The number of aromatic amines is 1. The summed E-state index contributed by atoms with van der Waals surface area (Å²) in [5.41, 5.74) is 0.346. The van der Waals surface area contributed by atoms with E-state index >= 15 is 4.39 Å². The number of aromatic nitrogens is 2. The number of fused-ring (bicyclic) bond motifs is 1. The molecule has 0 amide bonds. The number of carbonyl (C=O) groups is 1. The third-order valence-electron chi connectivity index (χ3n) is 4.82. The predicted molar refractivity (Wildman–Crippen MR) is 123 cm³/mol. The van der Waals surface area contributed by atoms with Crippen LogP contribution < -0.4 is 4.72 Å². The summed E-state index contributed by atoms with van der Waals surface area (Å²) in [6, 6.07) is 8.05. The minimum absolute atomic E-state index is 0.0232. The number of nitrogens with zero attached hydrogens (tertiary/aromatic N) is 1. The fourth-order valence-corrected chi connectivity index (χ4v) is 4.05. The number of hydrogen-bond donors (Lipinski definition) is 2. The number of ketones is 1. The van der Waals surface area contributed by atoms with Crippen molar-refractivity contribution in [1.29, 1.82) is 0 Å². The number of nitrogens with one attached hydrogen (secondary N) is 2. The van der Waals surface area contributed by atoms with Crippen LogP contribution in [-0.4, -0.2) is 21.5 Å². The summed E-state index contributed by atoms with van der Waals surface area (Å²) in [6.45, 7) is 1.97. The molecule has 4 rings (SSSR count). The van der Waals surface area contributed by atoms with E-state index in [0.717, 1.165) is 18.2 Å². The minimum Gasteiger partial charge on any atom is -0.345 e. The summed E-state index contributed by atoms with van der Waals surface area (Å²) in [5.74, 6) is -2.62. The van der Waals surface area contributed by atoms with E-state index in [9.17, 15) is 13.6 Å². The average molecular weight is 476 g/mol. The zero-order chi connectivity index (χ0) is 22.8. The molecule has 32 heavy (non-hydrogen) atoms. The van der Waals surface area contributed by atoms with Gasteiger partial charge in [0.05, 0.1) is 11.3 Å². The van der Waals surface area contributed by atoms with Crippen LogP contribution in [0, 0.1) is 17.5 Å². The normalized spacial score (nSPS) is 11.2. The molecule has 0 saturated carbocycles. The topological polar surface area (TPSA) is 57.8 Å². The summed E-state index contributed by atoms with van der Waals surface area (Å²) in [4.78, 5) is 20.2. The maximum Gasteiger partial charge on any atom is 0.201 e. The van der Waals surface area contributed by atoms with Gasteiger partial charge in [-0.15, -0.1) is 0 Å². The van der Waals surface area contributed by atoms with E-state index in [1.54, 1.807) is 6.07 Å². The average Bonchev–Trinajstić information content (AvgIpc) is 3.18. The van der Waals surface area contributed by atoms with Crippen LogP contribution in [0.5, 0.6) is 0 Å². The SMILES string of the molecule is CCCSNc1ccc(F)c(C(=O)c2c[nH]c3ncc(-c4ccc(Cl)cc4F)cc23)c1F. The smallest absolute Gasteiger partial charge is 0.201 e. The molecular weight excluding hydrogens is 459 g/mol. The van der Waals surface area contributed by atoms with Gasteiger partial charge >= 0.3 is 0 Å². The highest BCUT2D eigenvalue weighted by atomic mass is 35.5. The van der Waals surface area contributed by atoms with Crippen molar-refractivity contribution in [1.82, 2.24) is 9.97 Å². The molecule has 0 spiro atoms. The minimum atomic E-state index is -0.972. The summed E-state index contributed by atoms with van der Waals surface area (Å²) in [5, 5.41) is 0.564. The number of benzene rings is 2. The number of anilines is 1. The van der Waals surface area contributed by atoms with Crippen LogP contribution in [0.4, 0.5) is 18.9 Å². The van der Waals surface area contributed by atoms with Gasteiger partial charge in [-0.05, 0) is 42.8 Å². The van der Waals surface area contributed by atoms with Crippen molar-refractivity contribution in [3.8, 4) is 11.1 Å². The Morgan fingerprint density at radius 3 is 2.72 bits per heavy atom. The van der Waals surface area contributed by atoms with Gasteiger partial charge in [0.15, 0.2) is 5.82 Å². The van der Waals surface area contributed by atoms with Crippen molar-refractivity contribution in [3.63, 3.8) is 0 Å². The number of hydrogen-bond acceptors (Lipinski definition) is 4. The fourth-order valence-electron chi connectivity index (χ4n) is 3.27. The predicted octanol–water partition coefficient (Wildman–Crippen LogP) is 7.00. The molecule has 2 aromatic heterocycles. The molecule has 0 atom stereocenters. The molecule has 0 aliphatic heterocycles. The first kappa shape index (κ1) is 22.2. The summed E-state index contributed by atoms with van der Waals surface area (Å²) in [6.07, 6.45) is 3.65. The first-order chi connectivity index (χ1) is 15.4. The molecule has 0 aliphatic rings. The van der Waals surface area contributed by atoms with Gasteiger partial charge in [-0.25, -0.2) is 18.2 Å². The molecule has 0 aliphatic carbocycles. The van der Waals surface area contributed by atoms with Crippen molar-refractivity contribution in [2.75, 3.05) is 10.5 Å². The monoisotopic (exact) mass is 475 g/mol. The van der Waals surface area contributed by atoms with E-state index < -0.39 is 28.8 Å². The summed E-state index contributed by atoms with van der Waals surface area (Å²) in [7, 11) is 0. The summed E-state index contributed by atoms with van der Waals surface area (Å²) < 4.78 is 46.7. The zero-order valence-electron chi connectivity index (χ0n) is 16.8. The lowest BCUT2D eigenvalue weighted by molar-refractivity contribution is 0.103. The number of pyridine rings is 1. The largest absolute Gasteiger partial charge is 0.345 e. The standard InChI is InChI=1S/C23H17ClF3N3OS/c1-2-7-32-30-19-6-5-17(25)20(21(19)27)22(31)16-11-29-23-15(16)8-12(10-28-23)14-4-3-13(24)9-18(14)26/h3-6,8-11,30H,2,7H2,1H3,(H,28,29). The Labute approximate surface area is 191 Å². The molecule has 4 aromatic rings. The number of H-pyrrole nitrogens is 1. The second-order valence-corrected chi connectivity index (χ2v) is 8.35. The molecule has 2 aromatic carbocycles. The number of halogens is 4. The lowest BCUT2D eigenvalue weighted by Crippen LogP contribution is -2.09. The Balaban J connectivity index is 1.77. The highest BCUT2D eigenvalue weighted by Gasteiger charge is 2.25. The van der Waals surface area contributed by atoms with Crippen molar-refractivity contribution in [2.24, 2.45) is 0 Å². The van der Waals surface area contributed by atoms with Gasteiger partial charge in [0, 0.05) is 45.2 Å². The van der Waals surface area contributed by atoms with Crippen LogP contribution in [-0.2, 0) is 0 Å². The van der Waals surface area contributed by atoms with Gasteiger partial charge < -0.3 is 9.71 Å². The Bertz CT molecular complexity index is 1330. The van der Waals surface area contributed by atoms with Crippen LogP contribution in [0.3, 0.4) is 0 Å². The van der Waals surface area contributed by atoms with Crippen LogP contribution in [0.1, 0.15) is 29.3 Å². The molecule has 0 saturated heterocycles. The van der Waals surface area contributed by atoms with E-state index in [4.69, 9.17) is 11.6 Å². The van der Waals surface area contributed by atoms with Gasteiger partial charge in [-0.1, -0.05) is 30.5 Å². The highest BCUT2D eigenvalue weighted by molar-refractivity contribution is 8.00. The molecule has 9 heteroatoms. The van der Waals surface area contributed by atoms with Gasteiger partial charge in [-0.2, -0.15) is 0 Å². The molecule has 0 fully saturated rings. The second-order valence-electron chi connectivity index (χ2n) is 7.01. The first-order valence-electron chi connectivity index (χ1n) is 9.73. The van der Waals surface area contributed by atoms with E-state index in [2.05, 4.69) is 14.7 Å². The second kappa shape index (κ2) is 9.26. The molecule has 0 unspecified atom stereocenters. The Morgan fingerprint density at radius 1 is 1.16 bits per heavy atom. The van der Waals surface area contributed by atoms with Crippen LogP contribution >= 0.6 is 23.5 Å². The van der Waals surface area contributed by atoms with Gasteiger partial charge in [-0.3, -0.25) is 4.79 Å². The fraction of sp³-hybridized carbons (Fsp3) is 0.130. The van der Waals surface area contributed by atoms with Crippen LogP contribution in [0.15, 0.2) is 48.8 Å². The van der Waals surface area contributed by atoms with Gasteiger partial charge in [0.2, 0.25) is 5.78 Å². The van der Waals surface area contributed by atoms with Crippen molar-refractivity contribution in [2.45, 2.75) is 13.3 Å². The summed E-state index contributed by atoms with van der Waals surface area (Å²) >= 11 is 7.08. The molecular formula is C23H17ClF3N3OS.